The molecule has 4 unspecified atom stereocenters. The van der Waals surface area contributed by atoms with Crippen LogP contribution in [0.25, 0.3) is 0 Å². The Bertz CT molecular complexity index is 717. The predicted octanol–water partition coefficient (Wildman–Crippen LogP) is -3.69. The number of amides is 3. The average Bonchev–Trinajstić information content (AvgIpc) is 2.73. The minimum atomic E-state index is -1.77. The Labute approximate surface area is 188 Å². The van der Waals surface area contributed by atoms with Crippen LogP contribution in [0.1, 0.15) is 38.5 Å². The van der Waals surface area contributed by atoms with Crippen LogP contribution in [0.3, 0.4) is 0 Å². The molecule has 15 heteroatoms. The molecule has 0 aromatic rings. The normalized spacial score (nSPS) is 14.3. The second kappa shape index (κ2) is 15.5. The minimum absolute atomic E-state index is 0.264. The second-order valence-electron chi connectivity index (χ2n) is 7.13. The highest BCUT2D eigenvalue weighted by molar-refractivity contribution is 5.95. The predicted molar refractivity (Wildman–Crippen MR) is 111 cm³/mol. The van der Waals surface area contributed by atoms with Gasteiger partial charge in [0.1, 0.15) is 18.1 Å². The highest BCUT2D eigenvalue weighted by Crippen LogP contribution is 2.03. The Balaban J connectivity index is 5.21. The summed E-state index contributed by atoms with van der Waals surface area (Å²) in [4.78, 5) is 69.9. The standard InChI is InChI=1S/C18H31N5O10/c19-6-2-1-3-9(20)15(29)23-12(8-24)17(31)22-11(7-14(27)28)16(30)21-10(18(32)33)4-5-13(25)26/h9-12,24H,1-8,19-20H2,(H,21,30)(H,22,31)(H,23,29)(H,25,26)(H,27,28)(H,32,33). The fourth-order valence-electron chi connectivity index (χ4n) is 2.57. The van der Waals surface area contributed by atoms with Crippen molar-refractivity contribution in [1.29, 1.82) is 0 Å². The summed E-state index contributed by atoms with van der Waals surface area (Å²) < 4.78 is 0. The summed E-state index contributed by atoms with van der Waals surface area (Å²) in [6.45, 7) is -0.493. The summed E-state index contributed by atoms with van der Waals surface area (Å²) in [6, 6.07) is -5.99. The van der Waals surface area contributed by atoms with Crippen LogP contribution in [0.4, 0.5) is 0 Å². The molecule has 15 nitrogen and oxygen atoms in total. The summed E-state index contributed by atoms with van der Waals surface area (Å²) in [5, 5.41) is 42.4. The Morgan fingerprint density at radius 3 is 1.76 bits per heavy atom. The summed E-state index contributed by atoms with van der Waals surface area (Å²) in [5.41, 5.74) is 11.1. The fourth-order valence-corrected chi connectivity index (χ4v) is 2.57. The second-order valence-corrected chi connectivity index (χ2v) is 7.13. The number of unbranched alkanes of at least 4 members (excludes halogenated alkanes) is 1. The highest BCUT2D eigenvalue weighted by atomic mass is 16.4. The van der Waals surface area contributed by atoms with Gasteiger partial charge in [0.2, 0.25) is 17.7 Å². The van der Waals surface area contributed by atoms with Crippen LogP contribution in [0.5, 0.6) is 0 Å². The third kappa shape index (κ3) is 12.4. The third-order valence-corrected chi connectivity index (χ3v) is 4.39. The van der Waals surface area contributed by atoms with Crippen LogP contribution in [0, 0.1) is 0 Å². The van der Waals surface area contributed by atoms with Crippen LogP contribution >= 0.6 is 0 Å². The monoisotopic (exact) mass is 477 g/mol. The van der Waals surface area contributed by atoms with Gasteiger partial charge in [0.15, 0.2) is 0 Å². The number of rotatable bonds is 17. The molecule has 0 aliphatic rings. The lowest BCUT2D eigenvalue weighted by Gasteiger charge is -2.23. The zero-order valence-corrected chi connectivity index (χ0v) is 17.9. The van der Waals surface area contributed by atoms with Crippen molar-refractivity contribution in [1.82, 2.24) is 16.0 Å². The van der Waals surface area contributed by atoms with Gasteiger partial charge in [0.05, 0.1) is 19.1 Å². The first-order valence-electron chi connectivity index (χ1n) is 10.1. The van der Waals surface area contributed by atoms with E-state index in [4.69, 9.17) is 26.8 Å². The summed E-state index contributed by atoms with van der Waals surface area (Å²) >= 11 is 0. The first-order chi connectivity index (χ1) is 15.4. The van der Waals surface area contributed by atoms with E-state index in [1.54, 1.807) is 0 Å². The lowest BCUT2D eigenvalue weighted by atomic mass is 10.1. The molecule has 0 aromatic carbocycles. The number of hydrogen-bond acceptors (Lipinski definition) is 9. The van der Waals surface area contributed by atoms with Gasteiger partial charge in [0.25, 0.3) is 0 Å². The van der Waals surface area contributed by atoms with Crippen LogP contribution in [0.2, 0.25) is 0 Å². The van der Waals surface area contributed by atoms with E-state index in [2.05, 4.69) is 5.32 Å². The number of carbonyl (C=O) groups excluding carboxylic acids is 3. The molecule has 0 aromatic heterocycles. The topological polar surface area (TPSA) is 271 Å². The average molecular weight is 477 g/mol. The van der Waals surface area contributed by atoms with Crippen molar-refractivity contribution in [2.75, 3.05) is 13.2 Å². The van der Waals surface area contributed by atoms with Crippen LogP contribution in [-0.4, -0.2) is 93.4 Å². The summed E-state index contributed by atoms with van der Waals surface area (Å²) in [5.74, 6) is -7.47. The van der Waals surface area contributed by atoms with Gasteiger partial charge in [-0.15, -0.1) is 0 Å². The Kier molecular flexibility index (Phi) is 13.9. The molecular weight excluding hydrogens is 446 g/mol. The Hall–Kier alpha value is -3.30. The van der Waals surface area contributed by atoms with Gasteiger partial charge in [-0.25, -0.2) is 4.79 Å². The SMILES string of the molecule is NCCCCC(N)C(=O)NC(CO)C(=O)NC(CC(=O)O)C(=O)NC(CCC(=O)O)C(=O)O. The molecule has 0 saturated heterocycles. The van der Waals surface area contributed by atoms with Gasteiger partial charge in [-0.1, -0.05) is 6.42 Å². The number of nitrogens with two attached hydrogens (primary N) is 2. The van der Waals surface area contributed by atoms with E-state index in [1.165, 1.54) is 0 Å². The molecule has 0 heterocycles. The van der Waals surface area contributed by atoms with Crippen molar-refractivity contribution in [3.8, 4) is 0 Å². The first-order valence-corrected chi connectivity index (χ1v) is 10.1. The quantitative estimate of drug-likeness (QED) is 0.0916. The van der Waals surface area contributed by atoms with E-state index in [0.29, 0.717) is 19.4 Å². The molecule has 3 amide bonds. The molecule has 0 aliphatic carbocycles. The van der Waals surface area contributed by atoms with Crippen LogP contribution in [0.15, 0.2) is 0 Å². The minimum Gasteiger partial charge on any atom is -0.481 e. The maximum Gasteiger partial charge on any atom is 0.326 e. The van der Waals surface area contributed by atoms with Crippen molar-refractivity contribution in [2.45, 2.75) is 62.7 Å². The van der Waals surface area contributed by atoms with E-state index in [1.807, 2.05) is 10.6 Å². The zero-order chi connectivity index (χ0) is 25.6. The molecule has 0 radical (unpaired) electrons. The first kappa shape index (κ1) is 29.7. The number of hydrogen-bond donors (Lipinski definition) is 9. The van der Waals surface area contributed by atoms with Crippen molar-refractivity contribution in [3.05, 3.63) is 0 Å². The summed E-state index contributed by atoms with van der Waals surface area (Å²) in [6.07, 6.45) is -0.582. The van der Waals surface area contributed by atoms with Gasteiger partial charge in [-0.3, -0.25) is 24.0 Å². The lowest BCUT2D eigenvalue weighted by molar-refractivity contribution is -0.144. The number of aliphatic hydroxyl groups is 1. The molecule has 188 valence electrons. The van der Waals surface area contributed by atoms with E-state index < -0.39 is 85.7 Å². The van der Waals surface area contributed by atoms with Gasteiger partial charge in [-0.05, 0) is 25.8 Å². The lowest BCUT2D eigenvalue weighted by Crippen LogP contribution is -2.58. The van der Waals surface area contributed by atoms with Crippen molar-refractivity contribution >= 4 is 35.6 Å². The zero-order valence-electron chi connectivity index (χ0n) is 17.9. The third-order valence-electron chi connectivity index (χ3n) is 4.39. The van der Waals surface area contributed by atoms with Gasteiger partial charge in [0, 0.05) is 6.42 Å². The van der Waals surface area contributed by atoms with Gasteiger partial charge < -0.3 is 47.8 Å². The van der Waals surface area contributed by atoms with E-state index >= 15 is 0 Å². The molecule has 11 N–H and O–H groups in total. The number of carboxylic acid groups (broad SMARTS) is 3. The Morgan fingerprint density at radius 1 is 0.727 bits per heavy atom. The molecular formula is C18H31N5O10. The largest absolute Gasteiger partial charge is 0.481 e. The van der Waals surface area contributed by atoms with Gasteiger partial charge in [-0.2, -0.15) is 0 Å². The molecule has 33 heavy (non-hydrogen) atoms. The molecule has 0 spiro atoms. The molecule has 0 aliphatic heterocycles. The number of aliphatic hydroxyl groups excluding tert-OH is 1. The summed E-state index contributed by atoms with van der Waals surface area (Å²) in [7, 11) is 0. The maximum atomic E-state index is 12.4. The molecule has 4 atom stereocenters. The van der Waals surface area contributed by atoms with Crippen molar-refractivity contribution in [3.63, 3.8) is 0 Å². The fraction of sp³-hybridized carbons (Fsp3) is 0.667. The molecule has 0 bridgehead atoms. The van der Waals surface area contributed by atoms with E-state index in [0.717, 1.165) is 0 Å². The molecule has 0 fully saturated rings. The van der Waals surface area contributed by atoms with E-state index in [9.17, 15) is 33.9 Å². The highest BCUT2D eigenvalue weighted by Gasteiger charge is 2.31. The number of carbonyl (C=O) groups is 6. The van der Waals surface area contributed by atoms with Crippen molar-refractivity contribution < 1.29 is 49.2 Å². The number of aliphatic carboxylic acids is 3. The number of nitrogens with one attached hydrogen (secondary N) is 3. The maximum absolute atomic E-state index is 12.4. The number of carboxylic acids is 3. The van der Waals surface area contributed by atoms with Crippen LogP contribution < -0.4 is 27.4 Å². The smallest absolute Gasteiger partial charge is 0.326 e. The molecule has 0 saturated carbocycles. The Morgan fingerprint density at radius 2 is 1.27 bits per heavy atom. The van der Waals surface area contributed by atoms with Crippen molar-refractivity contribution in [2.24, 2.45) is 11.5 Å². The van der Waals surface area contributed by atoms with Gasteiger partial charge >= 0.3 is 17.9 Å². The van der Waals surface area contributed by atoms with Crippen LogP contribution in [-0.2, 0) is 28.8 Å². The molecule has 0 rings (SSSR count). The van der Waals surface area contributed by atoms with E-state index in [-0.39, 0.29) is 6.42 Å².